The highest BCUT2D eigenvalue weighted by molar-refractivity contribution is 7.98. The average molecular weight is 267 g/mol. The van der Waals surface area contributed by atoms with Crippen LogP contribution in [-0.2, 0) is 0 Å². The first-order valence-corrected chi connectivity index (χ1v) is 7.46. The molecule has 1 rings (SSSR count). The molecule has 0 fully saturated rings. The Labute approximate surface area is 113 Å². The Morgan fingerprint density at radius 1 is 1.50 bits per heavy atom. The normalized spacial score (nSPS) is 12.2. The van der Waals surface area contributed by atoms with Crippen LogP contribution in [0.4, 0.5) is 5.69 Å². The number of hydrogen-bond donors (Lipinski definition) is 1. The number of aryl methyl sites for hydroxylation is 1. The van der Waals surface area contributed by atoms with E-state index in [4.69, 9.17) is 0 Å². The summed E-state index contributed by atoms with van der Waals surface area (Å²) < 4.78 is 0. The van der Waals surface area contributed by atoms with Gasteiger partial charge in [-0.3, -0.25) is 0 Å². The van der Waals surface area contributed by atoms with Crippen molar-refractivity contribution < 1.29 is 9.90 Å². The number of anilines is 1. The van der Waals surface area contributed by atoms with Gasteiger partial charge in [-0.15, -0.1) is 0 Å². The third-order valence-electron chi connectivity index (χ3n) is 3.14. The highest BCUT2D eigenvalue weighted by Crippen LogP contribution is 2.24. The van der Waals surface area contributed by atoms with Crippen molar-refractivity contribution in [2.75, 3.05) is 24.0 Å². The van der Waals surface area contributed by atoms with E-state index >= 15 is 0 Å². The lowest BCUT2D eigenvalue weighted by atomic mass is 10.1. The zero-order valence-electron chi connectivity index (χ0n) is 11.4. The van der Waals surface area contributed by atoms with Crippen LogP contribution in [-0.4, -0.2) is 36.2 Å². The molecule has 0 aliphatic heterocycles. The molecule has 100 valence electrons. The Balaban J connectivity index is 3.11. The van der Waals surface area contributed by atoms with E-state index in [0.29, 0.717) is 11.6 Å². The van der Waals surface area contributed by atoms with E-state index in [0.717, 1.165) is 23.4 Å². The summed E-state index contributed by atoms with van der Waals surface area (Å²) in [5.74, 6) is 0.138. The number of carboxylic acids is 1. The molecule has 18 heavy (non-hydrogen) atoms. The minimum Gasteiger partial charge on any atom is -0.478 e. The van der Waals surface area contributed by atoms with Gasteiger partial charge in [0.15, 0.2) is 0 Å². The highest BCUT2D eigenvalue weighted by atomic mass is 32.2. The van der Waals surface area contributed by atoms with Crippen molar-refractivity contribution in [3.05, 3.63) is 29.3 Å². The second kappa shape index (κ2) is 6.69. The minimum atomic E-state index is -0.862. The van der Waals surface area contributed by atoms with Crippen LogP contribution in [0.5, 0.6) is 0 Å². The molecule has 0 saturated carbocycles. The van der Waals surface area contributed by atoms with Crippen molar-refractivity contribution in [2.24, 2.45) is 0 Å². The molecule has 1 atom stereocenters. The van der Waals surface area contributed by atoms with Crippen molar-refractivity contribution in [3.63, 3.8) is 0 Å². The Morgan fingerprint density at radius 3 is 2.67 bits per heavy atom. The highest BCUT2D eigenvalue weighted by Gasteiger charge is 2.18. The van der Waals surface area contributed by atoms with Gasteiger partial charge in [0.25, 0.3) is 0 Å². The van der Waals surface area contributed by atoms with Gasteiger partial charge in [-0.05, 0) is 31.7 Å². The van der Waals surface area contributed by atoms with E-state index in [1.54, 1.807) is 17.8 Å². The van der Waals surface area contributed by atoms with Crippen LogP contribution in [0, 0.1) is 6.92 Å². The molecule has 0 spiro atoms. The fourth-order valence-corrected chi connectivity index (χ4v) is 2.87. The lowest BCUT2D eigenvalue weighted by molar-refractivity contribution is 0.0697. The topological polar surface area (TPSA) is 40.5 Å². The number of benzene rings is 1. The van der Waals surface area contributed by atoms with Crippen LogP contribution in [0.1, 0.15) is 29.3 Å². The summed E-state index contributed by atoms with van der Waals surface area (Å²) in [5, 5.41) is 9.29. The average Bonchev–Trinajstić information content (AvgIpc) is 2.35. The summed E-state index contributed by atoms with van der Waals surface area (Å²) in [4.78, 5) is 13.4. The van der Waals surface area contributed by atoms with E-state index in [1.807, 2.05) is 26.1 Å². The molecular formula is C14H21NO2S. The van der Waals surface area contributed by atoms with E-state index < -0.39 is 5.97 Å². The molecule has 3 nitrogen and oxygen atoms in total. The number of carbonyl (C=O) groups is 1. The SMILES string of the molecule is CCC(CSC)N(C)c1ccc(C)cc1C(=O)O. The van der Waals surface area contributed by atoms with Crippen molar-refractivity contribution >= 4 is 23.4 Å². The lowest BCUT2D eigenvalue weighted by Crippen LogP contribution is -2.34. The summed E-state index contributed by atoms with van der Waals surface area (Å²) >= 11 is 1.79. The Bertz CT molecular complexity index is 420. The van der Waals surface area contributed by atoms with Gasteiger partial charge in [-0.1, -0.05) is 18.6 Å². The first kappa shape index (κ1) is 14.9. The van der Waals surface area contributed by atoms with Crippen LogP contribution < -0.4 is 4.90 Å². The maximum atomic E-state index is 11.3. The largest absolute Gasteiger partial charge is 0.478 e. The molecule has 0 heterocycles. The van der Waals surface area contributed by atoms with Crippen molar-refractivity contribution in [2.45, 2.75) is 26.3 Å². The van der Waals surface area contributed by atoms with E-state index in [1.165, 1.54) is 0 Å². The first-order valence-electron chi connectivity index (χ1n) is 6.07. The number of thioether (sulfide) groups is 1. The van der Waals surface area contributed by atoms with Gasteiger partial charge in [-0.2, -0.15) is 11.8 Å². The predicted molar refractivity (Wildman–Crippen MR) is 79.0 cm³/mol. The van der Waals surface area contributed by atoms with Gasteiger partial charge < -0.3 is 10.0 Å². The molecule has 0 aliphatic carbocycles. The molecular weight excluding hydrogens is 246 g/mol. The van der Waals surface area contributed by atoms with E-state index in [2.05, 4.69) is 18.1 Å². The summed E-state index contributed by atoms with van der Waals surface area (Å²) in [6.07, 6.45) is 3.08. The van der Waals surface area contributed by atoms with Gasteiger partial charge in [0.2, 0.25) is 0 Å². The maximum Gasteiger partial charge on any atom is 0.337 e. The predicted octanol–water partition coefficient (Wildman–Crippen LogP) is 3.27. The number of aromatic carboxylic acids is 1. The monoisotopic (exact) mass is 267 g/mol. The Kier molecular flexibility index (Phi) is 5.54. The zero-order chi connectivity index (χ0) is 13.7. The smallest absolute Gasteiger partial charge is 0.337 e. The number of nitrogens with zero attached hydrogens (tertiary/aromatic N) is 1. The van der Waals surface area contributed by atoms with Crippen LogP contribution in [0.15, 0.2) is 18.2 Å². The van der Waals surface area contributed by atoms with Crippen molar-refractivity contribution in [1.29, 1.82) is 0 Å². The standard InChI is InChI=1S/C14H21NO2S/c1-5-11(9-18-4)15(3)13-7-6-10(2)8-12(13)14(16)17/h6-8,11H,5,9H2,1-4H3,(H,16,17). The molecule has 4 heteroatoms. The molecule has 0 aliphatic rings. The van der Waals surface area contributed by atoms with Gasteiger partial charge >= 0.3 is 5.97 Å². The van der Waals surface area contributed by atoms with Crippen molar-refractivity contribution in [1.82, 2.24) is 0 Å². The molecule has 0 saturated heterocycles. The molecule has 1 aromatic rings. The fourth-order valence-electron chi connectivity index (χ4n) is 2.02. The van der Waals surface area contributed by atoms with Crippen LogP contribution in [0.25, 0.3) is 0 Å². The molecule has 1 aromatic carbocycles. The molecule has 0 radical (unpaired) electrons. The summed E-state index contributed by atoms with van der Waals surface area (Å²) in [6.45, 7) is 4.04. The molecule has 0 bridgehead atoms. The number of hydrogen-bond acceptors (Lipinski definition) is 3. The summed E-state index contributed by atoms with van der Waals surface area (Å²) in [6, 6.07) is 5.96. The third-order valence-corrected chi connectivity index (χ3v) is 3.86. The summed E-state index contributed by atoms with van der Waals surface area (Å²) in [7, 11) is 1.97. The van der Waals surface area contributed by atoms with E-state index in [-0.39, 0.29) is 0 Å². The second-order valence-electron chi connectivity index (χ2n) is 4.45. The second-order valence-corrected chi connectivity index (χ2v) is 5.36. The lowest BCUT2D eigenvalue weighted by Gasteiger charge is -2.30. The van der Waals surface area contributed by atoms with Gasteiger partial charge in [-0.25, -0.2) is 4.79 Å². The molecule has 0 aromatic heterocycles. The third kappa shape index (κ3) is 3.42. The Morgan fingerprint density at radius 2 is 2.17 bits per heavy atom. The van der Waals surface area contributed by atoms with Crippen LogP contribution in [0.3, 0.4) is 0 Å². The minimum absolute atomic E-state index is 0.362. The van der Waals surface area contributed by atoms with Gasteiger partial charge in [0.05, 0.1) is 11.3 Å². The van der Waals surface area contributed by atoms with Crippen LogP contribution >= 0.6 is 11.8 Å². The van der Waals surface area contributed by atoms with Crippen molar-refractivity contribution in [3.8, 4) is 0 Å². The molecule has 1 N–H and O–H groups in total. The maximum absolute atomic E-state index is 11.3. The Hall–Kier alpha value is -1.16. The van der Waals surface area contributed by atoms with E-state index in [9.17, 15) is 9.90 Å². The van der Waals surface area contributed by atoms with Gasteiger partial charge in [0.1, 0.15) is 0 Å². The number of rotatable bonds is 6. The zero-order valence-corrected chi connectivity index (χ0v) is 12.3. The van der Waals surface area contributed by atoms with Crippen LogP contribution in [0.2, 0.25) is 0 Å². The fraction of sp³-hybridized carbons (Fsp3) is 0.500. The number of carboxylic acid groups (broad SMARTS) is 1. The van der Waals surface area contributed by atoms with Gasteiger partial charge in [0, 0.05) is 18.8 Å². The quantitative estimate of drug-likeness (QED) is 0.859. The first-order chi connectivity index (χ1) is 8.51. The molecule has 0 amide bonds. The summed E-state index contributed by atoms with van der Waals surface area (Å²) in [5.41, 5.74) is 2.16. The molecule has 1 unspecified atom stereocenters.